The van der Waals surface area contributed by atoms with Gasteiger partial charge in [0.05, 0.1) is 6.10 Å². The summed E-state index contributed by atoms with van der Waals surface area (Å²) in [7, 11) is 0. The van der Waals surface area contributed by atoms with Crippen molar-refractivity contribution in [3.8, 4) is 11.8 Å². The van der Waals surface area contributed by atoms with Crippen molar-refractivity contribution in [2.45, 2.75) is 19.1 Å². The number of aliphatic hydroxyl groups excluding tert-OH is 1. The lowest BCUT2D eigenvalue weighted by molar-refractivity contribution is -0.133. The highest BCUT2D eigenvalue weighted by atomic mass is 16.5. The largest absolute Gasteiger partial charge is 0.391 e. The second-order valence-electron chi connectivity index (χ2n) is 7.15. The van der Waals surface area contributed by atoms with Gasteiger partial charge in [0.1, 0.15) is 6.04 Å². The standard InChI is InChI=1S/C22H25N5O4/c1-16(28)20(21(29)25-31)24-22(30)27-14-12-26(13-15-27)19-6-4-17(5-7-19)2-3-18-8-10-23-11-9-18/h4-11,16,20,28,31H,12-15H2,1H3,(H,24,30)(H,25,29)/t16-,20-/m1/s1. The van der Waals surface area contributed by atoms with Gasteiger partial charge < -0.3 is 20.2 Å². The topological polar surface area (TPSA) is 118 Å². The molecular weight excluding hydrogens is 398 g/mol. The summed E-state index contributed by atoms with van der Waals surface area (Å²) in [4.78, 5) is 31.7. The Morgan fingerprint density at radius 3 is 2.13 bits per heavy atom. The molecule has 0 spiro atoms. The molecule has 1 aliphatic heterocycles. The van der Waals surface area contributed by atoms with Crippen molar-refractivity contribution in [2.75, 3.05) is 31.1 Å². The van der Waals surface area contributed by atoms with Crippen LogP contribution in [0.15, 0.2) is 48.8 Å². The van der Waals surface area contributed by atoms with Crippen LogP contribution in [0.4, 0.5) is 10.5 Å². The number of anilines is 1. The molecule has 3 rings (SSSR count). The van der Waals surface area contributed by atoms with Crippen molar-refractivity contribution in [2.24, 2.45) is 0 Å². The monoisotopic (exact) mass is 423 g/mol. The summed E-state index contributed by atoms with van der Waals surface area (Å²) in [5.74, 6) is 5.36. The lowest BCUT2D eigenvalue weighted by Gasteiger charge is -2.36. The van der Waals surface area contributed by atoms with E-state index in [4.69, 9.17) is 5.21 Å². The highest BCUT2D eigenvalue weighted by molar-refractivity contribution is 5.87. The lowest BCUT2D eigenvalue weighted by Crippen LogP contribution is -2.58. The van der Waals surface area contributed by atoms with Crippen molar-refractivity contribution >= 4 is 17.6 Å². The van der Waals surface area contributed by atoms with E-state index in [1.54, 1.807) is 17.3 Å². The van der Waals surface area contributed by atoms with Crippen molar-refractivity contribution in [3.63, 3.8) is 0 Å². The fourth-order valence-corrected chi connectivity index (χ4v) is 3.20. The van der Waals surface area contributed by atoms with Crippen LogP contribution in [0.25, 0.3) is 0 Å². The Bertz CT molecular complexity index is 945. The van der Waals surface area contributed by atoms with Crippen molar-refractivity contribution in [1.29, 1.82) is 0 Å². The Morgan fingerprint density at radius 2 is 1.58 bits per heavy atom. The summed E-state index contributed by atoms with van der Waals surface area (Å²) < 4.78 is 0. The normalized spacial score (nSPS) is 15.3. The number of rotatable bonds is 4. The zero-order chi connectivity index (χ0) is 22.2. The van der Waals surface area contributed by atoms with E-state index in [1.165, 1.54) is 12.4 Å². The average molecular weight is 423 g/mol. The minimum atomic E-state index is -1.23. The quantitative estimate of drug-likeness (QED) is 0.324. The van der Waals surface area contributed by atoms with Crippen molar-refractivity contribution < 1.29 is 19.9 Å². The van der Waals surface area contributed by atoms with Gasteiger partial charge in [0.2, 0.25) is 0 Å². The van der Waals surface area contributed by atoms with Gasteiger partial charge in [-0.15, -0.1) is 0 Å². The lowest BCUT2D eigenvalue weighted by atomic mass is 10.1. The molecule has 3 amide bonds. The molecule has 1 aliphatic rings. The molecule has 0 saturated carbocycles. The maximum Gasteiger partial charge on any atom is 0.318 e. The SMILES string of the molecule is C[C@@H](O)[C@@H](NC(=O)N1CCN(c2ccc(C#Cc3ccncc3)cc2)CC1)C(=O)NO. The van der Waals surface area contributed by atoms with Crippen LogP contribution in [0.3, 0.4) is 0 Å². The van der Waals surface area contributed by atoms with E-state index in [9.17, 15) is 14.7 Å². The second-order valence-corrected chi connectivity index (χ2v) is 7.15. The van der Waals surface area contributed by atoms with Crippen LogP contribution < -0.4 is 15.7 Å². The molecule has 9 heteroatoms. The molecule has 0 aliphatic carbocycles. The van der Waals surface area contributed by atoms with Gasteiger partial charge in [0, 0.05) is 55.4 Å². The van der Waals surface area contributed by atoms with Gasteiger partial charge in [-0.1, -0.05) is 11.8 Å². The zero-order valence-electron chi connectivity index (χ0n) is 17.2. The first-order chi connectivity index (χ1) is 15.0. The Hall–Kier alpha value is -3.61. The van der Waals surface area contributed by atoms with Crippen LogP contribution in [-0.4, -0.2) is 70.5 Å². The molecular formula is C22H25N5O4. The summed E-state index contributed by atoms with van der Waals surface area (Å²) >= 11 is 0. The number of hydrogen-bond acceptors (Lipinski definition) is 6. The number of carbonyl (C=O) groups is 2. The average Bonchev–Trinajstić information content (AvgIpc) is 2.81. The first-order valence-electron chi connectivity index (χ1n) is 9.92. The molecule has 2 aromatic rings. The van der Waals surface area contributed by atoms with Gasteiger partial charge in [0.15, 0.2) is 0 Å². The van der Waals surface area contributed by atoms with Gasteiger partial charge in [-0.25, -0.2) is 10.3 Å². The van der Waals surface area contributed by atoms with Crippen LogP contribution in [0.1, 0.15) is 18.1 Å². The molecule has 9 nitrogen and oxygen atoms in total. The fourth-order valence-electron chi connectivity index (χ4n) is 3.20. The molecule has 0 radical (unpaired) electrons. The third-order valence-electron chi connectivity index (χ3n) is 4.98. The number of urea groups is 1. The van der Waals surface area contributed by atoms with E-state index in [1.807, 2.05) is 36.4 Å². The van der Waals surface area contributed by atoms with E-state index in [-0.39, 0.29) is 0 Å². The minimum absolute atomic E-state index is 0.461. The van der Waals surface area contributed by atoms with Crippen LogP contribution >= 0.6 is 0 Å². The molecule has 1 aromatic carbocycles. The zero-order valence-corrected chi connectivity index (χ0v) is 17.2. The summed E-state index contributed by atoms with van der Waals surface area (Å²) in [5, 5.41) is 20.9. The van der Waals surface area contributed by atoms with Gasteiger partial charge in [0.25, 0.3) is 5.91 Å². The Kier molecular flexibility index (Phi) is 7.43. The smallest absolute Gasteiger partial charge is 0.318 e. The van der Waals surface area contributed by atoms with Gasteiger partial charge in [-0.3, -0.25) is 15.0 Å². The number of pyridine rings is 1. The number of carbonyl (C=O) groups excluding carboxylic acids is 2. The van der Waals surface area contributed by atoms with Crippen LogP contribution in [-0.2, 0) is 4.79 Å². The van der Waals surface area contributed by atoms with E-state index in [2.05, 4.69) is 27.0 Å². The molecule has 0 bridgehead atoms. The Balaban J connectivity index is 1.54. The Labute approximate surface area is 180 Å². The first kappa shape index (κ1) is 22.1. The molecule has 2 heterocycles. The number of nitrogens with one attached hydrogen (secondary N) is 2. The number of hydrogen-bond donors (Lipinski definition) is 4. The molecule has 4 N–H and O–H groups in total. The fraction of sp³-hybridized carbons (Fsp3) is 0.318. The van der Waals surface area contributed by atoms with Crippen molar-refractivity contribution in [3.05, 3.63) is 59.9 Å². The summed E-state index contributed by atoms with van der Waals surface area (Å²) in [6, 6.07) is 9.95. The Morgan fingerprint density at radius 1 is 1.00 bits per heavy atom. The number of aliphatic hydroxyl groups is 1. The number of hydroxylamine groups is 1. The maximum absolute atomic E-state index is 12.4. The van der Waals surface area contributed by atoms with E-state index in [0.29, 0.717) is 26.2 Å². The second kappa shape index (κ2) is 10.4. The summed E-state index contributed by atoms with van der Waals surface area (Å²) in [5.41, 5.74) is 4.30. The van der Waals surface area contributed by atoms with Crippen LogP contribution in [0.2, 0.25) is 0 Å². The maximum atomic E-state index is 12.4. The van der Waals surface area contributed by atoms with E-state index in [0.717, 1.165) is 16.8 Å². The van der Waals surface area contributed by atoms with Gasteiger partial charge in [-0.05, 0) is 43.3 Å². The third kappa shape index (κ3) is 5.94. The molecule has 2 atom stereocenters. The summed E-state index contributed by atoms with van der Waals surface area (Å²) in [6.45, 7) is 3.54. The number of amides is 3. The van der Waals surface area contributed by atoms with E-state index >= 15 is 0 Å². The summed E-state index contributed by atoms with van der Waals surface area (Å²) in [6.07, 6.45) is 2.27. The molecule has 162 valence electrons. The van der Waals surface area contributed by atoms with E-state index < -0.39 is 24.1 Å². The highest BCUT2D eigenvalue weighted by Crippen LogP contribution is 2.17. The number of benzene rings is 1. The minimum Gasteiger partial charge on any atom is -0.391 e. The highest BCUT2D eigenvalue weighted by Gasteiger charge is 2.29. The molecule has 1 saturated heterocycles. The number of nitrogens with zero attached hydrogens (tertiary/aromatic N) is 3. The van der Waals surface area contributed by atoms with Crippen LogP contribution in [0.5, 0.6) is 0 Å². The van der Waals surface area contributed by atoms with Crippen LogP contribution in [0, 0.1) is 11.8 Å². The third-order valence-corrected chi connectivity index (χ3v) is 4.98. The molecule has 1 aromatic heterocycles. The molecule has 0 unspecified atom stereocenters. The molecule has 1 fully saturated rings. The molecule has 31 heavy (non-hydrogen) atoms. The predicted molar refractivity (Wildman–Crippen MR) is 114 cm³/mol. The first-order valence-corrected chi connectivity index (χ1v) is 9.92. The van der Waals surface area contributed by atoms with Crippen molar-refractivity contribution in [1.82, 2.24) is 20.7 Å². The number of aromatic nitrogens is 1. The predicted octanol–water partition coefficient (Wildman–Crippen LogP) is 0.568. The number of piperazine rings is 1. The van der Waals surface area contributed by atoms with Gasteiger partial charge in [-0.2, -0.15) is 0 Å². The van der Waals surface area contributed by atoms with Gasteiger partial charge >= 0.3 is 6.03 Å².